The zero-order valence-corrected chi connectivity index (χ0v) is 14.3. The van der Waals surface area contributed by atoms with E-state index >= 15 is 0 Å². The summed E-state index contributed by atoms with van der Waals surface area (Å²) in [5, 5.41) is 2.76. The Bertz CT molecular complexity index is 732. The van der Waals surface area contributed by atoms with Crippen LogP contribution in [0.25, 0.3) is 0 Å². The summed E-state index contributed by atoms with van der Waals surface area (Å²) in [5.41, 5.74) is 1.94. The number of anilines is 1. The summed E-state index contributed by atoms with van der Waals surface area (Å²) < 4.78 is 18.5. The van der Waals surface area contributed by atoms with Gasteiger partial charge in [0.05, 0.1) is 12.9 Å². The molecule has 24 heavy (non-hydrogen) atoms. The lowest BCUT2D eigenvalue weighted by Gasteiger charge is -2.09. The molecule has 0 unspecified atom stereocenters. The highest BCUT2D eigenvalue weighted by molar-refractivity contribution is 7.99. The number of benzene rings is 2. The van der Waals surface area contributed by atoms with Crippen molar-refractivity contribution in [2.45, 2.75) is 12.7 Å². The zero-order chi connectivity index (χ0) is 17.5. The minimum absolute atomic E-state index is 0.0209. The Balaban J connectivity index is 1.85. The SMILES string of the molecule is COc1ccc(F)cc1CSCC(=O)Nc1ccc(C(C)=O)cc1. The molecule has 0 aromatic heterocycles. The van der Waals surface area contributed by atoms with Gasteiger partial charge in [-0.2, -0.15) is 0 Å². The van der Waals surface area contributed by atoms with Crippen LogP contribution in [-0.2, 0) is 10.5 Å². The Kier molecular flexibility index (Phi) is 6.37. The van der Waals surface area contributed by atoms with Gasteiger partial charge in [0.25, 0.3) is 0 Å². The van der Waals surface area contributed by atoms with Crippen LogP contribution in [0.4, 0.5) is 10.1 Å². The first-order valence-corrected chi connectivity index (χ1v) is 8.46. The van der Waals surface area contributed by atoms with Crippen LogP contribution in [0, 0.1) is 5.82 Å². The fourth-order valence-electron chi connectivity index (χ4n) is 2.10. The minimum atomic E-state index is -0.332. The van der Waals surface area contributed by atoms with E-state index in [0.717, 1.165) is 0 Å². The monoisotopic (exact) mass is 347 g/mol. The normalized spacial score (nSPS) is 10.3. The summed E-state index contributed by atoms with van der Waals surface area (Å²) in [6.07, 6.45) is 0. The van der Waals surface area contributed by atoms with E-state index in [2.05, 4.69) is 5.32 Å². The van der Waals surface area contributed by atoms with Gasteiger partial charge >= 0.3 is 0 Å². The maximum atomic E-state index is 13.3. The number of amides is 1. The first kappa shape index (κ1) is 18.0. The van der Waals surface area contributed by atoms with Crippen molar-refractivity contribution in [3.63, 3.8) is 0 Å². The van der Waals surface area contributed by atoms with Crippen LogP contribution in [0.1, 0.15) is 22.8 Å². The van der Waals surface area contributed by atoms with Gasteiger partial charge in [-0.05, 0) is 49.4 Å². The van der Waals surface area contributed by atoms with Crippen LogP contribution < -0.4 is 10.1 Å². The fourth-order valence-corrected chi connectivity index (χ4v) is 2.90. The molecular weight excluding hydrogens is 329 g/mol. The molecule has 0 saturated carbocycles. The molecule has 0 spiro atoms. The third kappa shape index (κ3) is 5.09. The van der Waals surface area contributed by atoms with Crippen LogP contribution in [0.2, 0.25) is 0 Å². The molecule has 0 radical (unpaired) electrons. The van der Waals surface area contributed by atoms with Crippen LogP contribution in [0.15, 0.2) is 42.5 Å². The van der Waals surface area contributed by atoms with Crippen LogP contribution in [-0.4, -0.2) is 24.6 Å². The van der Waals surface area contributed by atoms with E-state index < -0.39 is 0 Å². The Morgan fingerprint density at radius 1 is 1.17 bits per heavy atom. The molecule has 0 bridgehead atoms. The van der Waals surface area contributed by atoms with Gasteiger partial charge in [-0.1, -0.05) is 0 Å². The van der Waals surface area contributed by atoms with E-state index in [0.29, 0.717) is 28.3 Å². The highest BCUT2D eigenvalue weighted by atomic mass is 32.2. The van der Waals surface area contributed by atoms with Crippen molar-refractivity contribution < 1.29 is 18.7 Å². The van der Waals surface area contributed by atoms with Crippen molar-refractivity contribution >= 4 is 29.1 Å². The quantitative estimate of drug-likeness (QED) is 0.772. The molecule has 2 aromatic carbocycles. The Labute approximate surface area is 144 Å². The molecular formula is C18H18FNO3S. The summed E-state index contributed by atoms with van der Waals surface area (Å²) in [7, 11) is 1.53. The van der Waals surface area contributed by atoms with E-state index in [-0.39, 0.29) is 23.3 Å². The molecule has 0 heterocycles. The number of hydrogen-bond donors (Lipinski definition) is 1. The van der Waals surface area contributed by atoms with Gasteiger partial charge in [-0.3, -0.25) is 9.59 Å². The number of halogens is 1. The molecule has 6 heteroatoms. The summed E-state index contributed by atoms with van der Waals surface area (Å²) in [5.74, 6) is 0.787. The van der Waals surface area contributed by atoms with Crippen molar-refractivity contribution in [3.05, 3.63) is 59.4 Å². The number of carbonyl (C=O) groups excluding carboxylic acids is 2. The number of methoxy groups -OCH3 is 1. The van der Waals surface area contributed by atoms with Crippen molar-refractivity contribution in [2.75, 3.05) is 18.2 Å². The molecule has 1 N–H and O–H groups in total. The number of nitrogens with one attached hydrogen (secondary N) is 1. The molecule has 2 aromatic rings. The molecule has 4 nitrogen and oxygen atoms in total. The van der Waals surface area contributed by atoms with Crippen LogP contribution in [0.5, 0.6) is 5.75 Å². The second kappa shape index (κ2) is 8.49. The second-order valence-corrected chi connectivity index (χ2v) is 6.12. The number of Topliss-reactive ketones (excluding diaryl/α,β-unsaturated/α-hetero) is 1. The molecule has 0 aliphatic carbocycles. The topological polar surface area (TPSA) is 55.4 Å². The summed E-state index contributed by atoms with van der Waals surface area (Å²) in [4.78, 5) is 23.1. The second-order valence-electron chi connectivity index (χ2n) is 5.13. The molecule has 2 rings (SSSR count). The number of thioether (sulfide) groups is 1. The molecule has 0 aliphatic rings. The van der Waals surface area contributed by atoms with E-state index in [4.69, 9.17) is 4.74 Å². The smallest absolute Gasteiger partial charge is 0.234 e. The van der Waals surface area contributed by atoms with Crippen LogP contribution >= 0.6 is 11.8 Å². The molecule has 0 atom stereocenters. The standard InChI is InChI=1S/C18H18FNO3S/c1-12(21)13-3-6-16(7-4-13)20-18(22)11-24-10-14-9-15(19)5-8-17(14)23-2/h3-9H,10-11H2,1-2H3,(H,20,22). The van der Waals surface area contributed by atoms with E-state index in [1.807, 2.05) is 0 Å². The largest absolute Gasteiger partial charge is 0.496 e. The van der Waals surface area contributed by atoms with E-state index in [9.17, 15) is 14.0 Å². The highest BCUT2D eigenvalue weighted by Crippen LogP contribution is 2.24. The molecule has 0 saturated heterocycles. The summed E-state index contributed by atoms with van der Waals surface area (Å²) in [6, 6.07) is 11.0. The van der Waals surface area contributed by atoms with Gasteiger partial charge in [0.1, 0.15) is 11.6 Å². The molecule has 0 fully saturated rings. The summed E-state index contributed by atoms with van der Waals surface area (Å²) >= 11 is 1.37. The highest BCUT2D eigenvalue weighted by Gasteiger charge is 2.08. The maximum Gasteiger partial charge on any atom is 0.234 e. The van der Waals surface area contributed by atoms with Gasteiger partial charge in [0.2, 0.25) is 5.91 Å². The predicted molar refractivity (Wildman–Crippen MR) is 94.2 cm³/mol. The lowest BCUT2D eigenvalue weighted by Crippen LogP contribution is -2.14. The zero-order valence-electron chi connectivity index (χ0n) is 13.5. The molecule has 126 valence electrons. The van der Waals surface area contributed by atoms with Gasteiger partial charge in [-0.25, -0.2) is 4.39 Å². The third-order valence-electron chi connectivity index (χ3n) is 3.31. The van der Waals surface area contributed by atoms with Crippen molar-refractivity contribution in [1.29, 1.82) is 0 Å². The maximum absolute atomic E-state index is 13.3. The minimum Gasteiger partial charge on any atom is -0.496 e. The molecule has 0 aliphatic heterocycles. The van der Waals surface area contributed by atoms with Crippen LogP contribution in [0.3, 0.4) is 0 Å². The lowest BCUT2D eigenvalue weighted by molar-refractivity contribution is -0.113. The first-order valence-electron chi connectivity index (χ1n) is 7.30. The van der Waals surface area contributed by atoms with Crippen molar-refractivity contribution in [1.82, 2.24) is 0 Å². The molecule has 1 amide bonds. The van der Waals surface area contributed by atoms with Gasteiger partial charge in [0.15, 0.2) is 5.78 Å². The Morgan fingerprint density at radius 3 is 2.50 bits per heavy atom. The number of ether oxygens (including phenoxy) is 1. The van der Waals surface area contributed by atoms with E-state index in [1.165, 1.54) is 37.9 Å². The Morgan fingerprint density at radius 2 is 1.88 bits per heavy atom. The Hall–Kier alpha value is -2.34. The number of carbonyl (C=O) groups is 2. The first-order chi connectivity index (χ1) is 11.5. The average Bonchev–Trinajstić information content (AvgIpc) is 2.55. The number of rotatable bonds is 7. The number of hydrogen-bond acceptors (Lipinski definition) is 4. The lowest BCUT2D eigenvalue weighted by atomic mass is 10.1. The van der Waals surface area contributed by atoms with Crippen molar-refractivity contribution in [2.24, 2.45) is 0 Å². The van der Waals surface area contributed by atoms with E-state index in [1.54, 1.807) is 30.3 Å². The average molecular weight is 347 g/mol. The number of ketones is 1. The van der Waals surface area contributed by atoms with Crippen molar-refractivity contribution in [3.8, 4) is 5.75 Å². The van der Waals surface area contributed by atoms with Gasteiger partial charge < -0.3 is 10.1 Å². The van der Waals surface area contributed by atoms with Gasteiger partial charge in [-0.15, -0.1) is 11.8 Å². The fraction of sp³-hybridized carbons (Fsp3) is 0.222. The van der Waals surface area contributed by atoms with Gasteiger partial charge in [0, 0.05) is 22.6 Å². The predicted octanol–water partition coefficient (Wildman–Crippen LogP) is 3.91. The third-order valence-corrected chi connectivity index (χ3v) is 4.29. The summed E-state index contributed by atoms with van der Waals surface area (Å²) in [6.45, 7) is 1.49.